The van der Waals surface area contributed by atoms with Crippen LogP contribution in [0.3, 0.4) is 0 Å². The number of phenolic OH excluding ortho intramolecular Hbond substituents is 1. The predicted molar refractivity (Wildman–Crippen MR) is 284 cm³/mol. The van der Waals surface area contributed by atoms with Crippen LogP contribution in [0.5, 0.6) is 5.75 Å². The highest BCUT2D eigenvalue weighted by molar-refractivity contribution is 5.98. The number of aliphatic hydroxyl groups is 1. The van der Waals surface area contributed by atoms with E-state index in [-0.39, 0.29) is 68.7 Å². The molecule has 0 unspecified atom stereocenters. The van der Waals surface area contributed by atoms with E-state index in [1.807, 2.05) is 13.8 Å². The maximum Gasteiger partial charge on any atom is 0.326 e. The molecule has 10 atom stereocenters. The van der Waals surface area contributed by atoms with E-state index in [1.165, 1.54) is 38.1 Å². The first-order valence-corrected chi connectivity index (χ1v) is 25.8. The Morgan fingerprint density at radius 3 is 1.52 bits per heavy atom. The number of hydrogen-bond donors (Lipinski definition) is 16. The summed E-state index contributed by atoms with van der Waals surface area (Å²) in [7, 11) is 0. The lowest BCUT2D eigenvalue weighted by atomic mass is 9.99. The van der Waals surface area contributed by atoms with Crippen molar-refractivity contribution in [2.75, 3.05) is 13.1 Å². The Kier molecular flexibility index (Phi) is 30.4. The summed E-state index contributed by atoms with van der Waals surface area (Å²) in [4.78, 5) is 137. The minimum absolute atomic E-state index is 0.00114. The third-order valence-electron chi connectivity index (χ3n) is 11.9. The Bertz CT molecular complexity index is 2150. The maximum absolute atomic E-state index is 14.2. The number of guanidine groups is 1. The first-order chi connectivity index (χ1) is 36.0. The van der Waals surface area contributed by atoms with Gasteiger partial charge >= 0.3 is 11.9 Å². The number of phenols is 1. The summed E-state index contributed by atoms with van der Waals surface area (Å²) in [5.74, 6) is -10.8. The molecule has 20 N–H and O–H groups in total. The summed E-state index contributed by atoms with van der Waals surface area (Å²) in [6.07, 6.45) is -1.55. The number of rotatable bonds is 36. The van der Waals surface area contributed by atoms with E-state index in [4.69, 9.17) is 22.9 Å². The molecule has 0 aromatic heterocycles. The highest BCUT2D eigenvalue weighted by Gasteiger charge is 2.36. The summed E-state index contributed by atoms with van der Waals surface area (Å²) < 4.78 is 0. The molecular formula is C50H85N13O14. The van der Waals surface area contributed by atoms with Gasteiger partial charge in [0.15, 0.2) is 5.96 Å². The Morgan fingerprint density at radius 1 is 0.545 bits per heavy atom. The molecule has 0 aliphatic heterocycles. The maximum atomic E-state index is 14.2. The van der Waals surface area contributed by atoms with Crippen LogP contribution in [0.4, 0.5) is 0 Å². The zero-order chi connectivity index (χ0) is 58.7. The van der Waals surface area contributed by atoms with E-state index in [2.05, 4.69) is 47.5 Å². The van der Waals surface area contributed by atoms with Crippen LogP contribution < -0.4 is 65.5 Å². The normalized spacial score (nSPS) is 15.1. The van der Waals surface area contributed by atoms with E-state index in [0.717, 1.165) is 0 Å². The monoisotopic (exact) mass is 1090 g/mol. The number of unbranched alkanes of at least 4 members (excludes halogenated alkanes) is 1. The van der Waals surface area contributed by atoms with E-state index in [1.54, 1.807) is 27.7 Å². The van der Waals surface area contributed by atoms with Crippen molar-refractivity contribution in [2.45, 2.75) is 180 Å². The number of benzene rings is 1. The van der Waals surface area contributed by atoms with Gasteiger partial charge in [-0.1, -0.05) is 53.7 Å². The number of carboxylic acids is 2. The van der Waals surface area contributed by atoms with Gasteiger partial charge in [0.1, 0.15) is 54.1 Å². The van der Waals surface area contributed by atoms with Crippen LogP contribution >= 0.6 is 0 Å². The Hall–Kier alpha value is -7.13. The second-order valence-electron chi connectivity index (χ2n) is 20.2. The molecule has 27 heteroatoms. The number of aliphatic imine (C=N–C) groups is 1. The third kappa shape index (κ3) is 26.5. The van der Waals surface area contributed by atoms with Crippen molar-refractivity contribution in [3.8, 4) is 5.75 Å². The third-order valence-corrected chi connectivity index (χ3v) is 11.9. The van der Waals surface area contributed by atoms with E-state index >= 15 is 0 Å². The number of amides is 8. The molecule has 0 radical (unpaired) electrons. The van der Waals surface area contributed by atoms with Gasteiger partial charge in [-0.25, -0.2) is 4.79 Å². The SMILES string of the molecule is CC(C)C[C@H](NC(=O)[C@H](CCC(=O)O)NC(=O)[C@H](C)NC(=O)[C@H](Cc1ccc(O)cc1)NC(=O)[C@@H](NC(=O)[C@H](CCCCN)NC(=O)[C@@H](NC(=O)[C@H](CCCN=C(N)N)NC(=O)[C@@H](N)CC(C)C)[C@@H](C)O)C(C)C)C(=O)O. The lowest BCUT2D eigenvalue weighted by Gasteiger charge is -2.29. The highest BCUT2D eigenvalue weighted by atomic mass is 16.4. The fourth-order valence-corrected chi connectivity index (χ4v) is 7.65. The molecule has 8 amide bonds. The fraction of sp³-hybridized carbons (Fsp3) is 0.660. The zero-order valence-corrected chi connectivity index (χ0v) is 45.4. The van der Waals surface area contributed by atoms with Gasteiger partial charge in [-0.2, -0.15) is 0 Å². The minimum atomic E-state index is -1.67. The molecule has 0 spiro atoms. The number of nitrogens with two attached hydrogens (primary N) is 4. The van der Waals surface area contributed by atoms with Crippen molar-refractivity contribution < 1.29 is 68.4 Å². The summed E-state index contributed by atoms with van der Waals surface area (Å²) in [5, 5.41) is 59.8. The zero-order valence-electron chi connectivity index (χ0n) is 45.4. The van der Waals surface area contributed by atoms with Crippen LogP contribution in [0.1, 0.15) is 119 Å². The number of aliphatic carboxylic acids is 2. The Labute approximate surface area is 449 Å². The second kappa shape index (κ2) is 34.5. The van der Waals surface area contributed by atoms with Crippen LogP contribution in [-0.2, 0) is 54.4 Å². The van der Waals surface area contributed by atoms with Crippen molar-refractivity contribution in [1.29, 1.82) is 0 Å². The van der Waals surface area contributed by atoms with Gasteiger partial charge in [0.2, 0.25) is 47.3 Å². The molecule has 0 bridgehead atoms. The first-order valence-electron chi connectivity index (χ1n) is 25.8. The number of nitrogens with one attached hydrogen (secondary N) is 8. The number of aliphatic hydroxyl groups excluding tert-OH is 1. The molecule has 0 aliphatic carbocycles. The largest absolute Gasteiger partial charge is 0.508 e. The molecule has 1 aromatic carbocycles. The fourth-order valence-electron chi connectivity index (χ4n) is 7.65. The number of carbonyl (C=O) groups is 10. The molecule has 0 aliphatic rings. The topological polar surface area (TPSA) is 464 Å². The average molecular weight is 1090 g/mol. The van der Waals surface area contributed by atoms with Crippen molar-refractivity contribution in [3.63, 3.8) is 0 Å². The molecule has 1 aromatic rings. The number of nitrogens with zero attached hydrogens (tertiary/aromatic N) is 1. The standard InChI is InChI=1S/C50H85N13O14/c1-25(2)22-32(52)42(69)58-34(13-11-21-55-50(53)54)45(72)63-40(29(8)64)48(75)59-33(12-9-10-20-51)44(71)62-39(27(5)6)47(74)60-36(24-30-14-16-31(65)17-15-30)46(73)56-28(7)41(68)57-35(18-19-38(66)67)43(70)61-37(49(76)77)23-26(3)4/h14-17,25-29,32-37,39-40,64-65H,9-13,18-24,51-52H2,1-8H3,(H,56,73)(H,57,68)(H,58,69)(H,59,75)(H,60,74)(H,61,70)(H,62,71)(H,63,72)(H,66,67)(H,76,77)(H4,53,54,55)/t28-,29+,32-,33-,34-,35-,36-,37-,39-,40-/m0/s1. The van der Waals surface area contributed by atoms with Crippen LogP contribution in [0.2, 0.25) is 0 Å². The van der Waals surface area contributed by atoms with Gasteiger partial charge in [0.25, 0.3) is 0 Å². The molecule has 77 heavy (non-hydrogen) atoms. The number of hydrogen-bond acceptors (Lipinski definition) is 15. The number of carboxylic acid groups (broad SMARTS) is 2. The Balaban J connectivity index is 3.48. The quantitative estimate of drug-likeness (QED) is 0.0186. The van der Waals surface area contributed by atoms with E-state index in [9.17, 15) is 68.4 Å². The van der Waals surface area contributed by atoms with Gasteiger partial charge in [-0.15, -0.1) is 0 Å². The van der Waals surface area contributed by atoms with Gasteiger partial charge in [0, 0.05) is 19.4 Å². The first kappa shape index (κ1) is 67.9. The van der Waals surface area contributed by atoms with Crippen molar-refractivity contribution in [2.24, 2.45) is 45.7 Å². The molecule has 0 heterocycles. The Morgan fingerprint density at radius 2 is 1.01 bits per heavy atom. The van der Waals surface area contributed by atoms with Crippen LogP contribution in [0.25, 0.3) is 0 Å². The smallest absolute Gasteiger partial charge is 0.326 e. The summed E-state index contributed by atoms with van der Waals surface area (Å²) in [6.45, 7) is 13.2. The summed E-state index contributed by atoms with van der Waals surface area (Å²) >= 11 is 0. The number of carbonyl (C=O) groups excluding carboxylic acids is 8. The molecule has 1 rings (SSSR count). The lowest BCUT2D eigenvalue weighted by Crippen LogP contribution is -2.62. The molecule has 27 nitrogen and oxygen atoms in total. The van der Waals surface area contributed by atoms with Gasteiger partial charge < -0.3 is 85.9 Å². The van der Waals surface area contributed by atoms with E-state index in [0.29, 0.717) is 24.8 Å². The van der Waals surface area contributed by atoms with Crippen molar-refractivity contribution >= 4 is 65.2 Å². The van der Waals surface area contributed by atoms with Crippen LogP contribution in [-0.4, -0.2) is 159 Å². The lowest BCUT2D eigenvalue weighted by molar-refractivity contribution is -0.143. The predicted octanol–water partition coefficient (Wildman–Crippen LogP) is -2.58. The van der Waals surface area contributed by atoms with Gasteiger partial charge in [-0.05, 0) is 107 Å². The molecule has 0 saturated heterocycles. The summed E-state index contributed by atoms with van der Waals surface area (Å²) in [6, 6.07) is -6.83. The molecule has 434 valence electrons. The van der Waals surface area contributed by atoms with Crippen LogP contribution in [0.15, 0.2) is 29.3 Å². The van der Waals surface area contributed by atoms with Crippen LogP contribution in [0, 0.1) is 17.8 Å². The second-order valence-corrected chi connectivity index (χ2v) is 20.2. The highest BCUT2D eigenvalue weighted by Crippen LogP contribution is 2.14. The van der Waals surface area contributed by atoms with Crippen molar-refractivity contribution in [1.82, 2.24) is 42.5 Å². The van der Waals surface area contributed by atoms with Gasteiger partial charge in [0.05, 0.1) is 12.1 Å². The van der Waals surface area contributed by atoms with Gasteiger partial charge in [-0.3, -0.25) is 48.1 Å². The molecular weight excluding hydrogens is 1010 g/mol. The molecule has 0 saturated carbocycles. The number of aromatic hydroxyl groups is 1. The van der Waals surface area contributed by atoms with E-state index < -0.39 is 138 Å². The average Bonchev–Trinajstić information content (AvgIpc) is 3.33. The summed E-state index contributed by atoms with van der Waals surface area (Å²) in [5.41, 5.74) is 23.1. The molecule has 0 fully saturated rings. The van der Waals surface area contributed by atoms with Crippen molar-refractivity contribution in [3.05, 3.63) is 29.8 Å². The minimum Gasteiger partial charge on any atom is -0.508 e.